The van der Waals surface area contributed by atoms with Crippen LogP contribution in [0.2, 0.25) is 0 Å². The Balaban J connectivity index is 1.63. The molecule has 0 amide bonds. The average molecular weight is 226 g/mol. The molecule has 0 aromatic carbocycles. The van der Waals surface area contributed by atoms with Crippen molar-refractivity contribution in [2.75, 3.05) is 33.4 Å². The van der Waals surface area contributed by atoms with Crippen molar-refractivity contribution in [3.8, 4) is 0 Å². The zero-order valence-corrected chi connectivity index (χ0v) is 10.6. The Labute approximate surface area is 99.5 Å². The molecule has 1 N–H and O–H groups in total. The molecule has 0 aromatic rings. The van der Waals surface area contributed by atoms with Crippen molar-refractivity contribution in [1.29, 1.82) is 0 Å². The molecule has 0 spiro atoms. The van der Waals surface area contributed by atoms with Gasteiger partial charge in [-0.3, -0.25) is 4.90 Å². The molecule has 0 aromatic heterocycles. The number of nitrogens with zero attached hydrogens (tertiary/aromatic N) is 1. The number of hydrogen-bond donors (Lipinski definition) is 1. The van der Waals surface area contributed by atoms with Crippen LogP contribution in [0.25, 0.3) is 0 Å². The summed E-state index contributed by atoms with van der Waals surface area (Å²) >= 11 is 0. The predicted molar refractivity (Wildman–Crippen MR) is 66.7 cm³/mol. The van der Waals surface area contributed by atoms with E-state index in [0.717, 1.165) is 18.7 Å². The van der Waals surface area contributed by atoms with Crippen molar-refractivity contribution in [2.24, 2.45) is 0 Å². The molecule has 3 nitrogen and oxygen atoms in total. The molecule has 2 aliphatic rings. The summed E-state index contributed by atoms with van der Waals surface area (Å²) in [6.07, 6.45) is 8.09. The van der Waals surface area contributed by atoms with Gasteiger partial charge in [-0.15, -0.1) is 0 Å². The van der Waals surface area contributed by atoms with Crippen LogP contribution < -0.4 is 5.32 Å². The summed E-state index contributed by atoms with van der Waals surface area (Å²) in [5.41, 5.74) is 0. The summed E-state index contributed by atoms with van der Waals surface area (Å²) in [4.78, 5) is 2.71. The maximum atomic E-state index is 5.10. The fourth-order valence-electron chi connectivity index (χ4n) is 2.62. The SMILES string of the molecule is COCCCCN(CC1CCCN1)C1CC1. The lowest BCUT2D eigenvalue weighted by Crippen LogP contribution is -2.39. The first kappa shape index (κ1) is 12.3. The highest BCUT2D eigenvalue weighted by atomic mass is 16.5. The average Bonchev–Trinajstić information content (AvgIpc) is 3.02. The van der Waals surface area contributed by atoms with Gasteiger partial charge in [-0.2, -0.15) is 0 Å². The third-order valence-electron chi connectivity index (χ3n) is 3.72. The summed E-state index contributed by atoms with van der Waals surface area (Å²) in [5.74, 6) is 0. The molecular weight excluding hydrogens is 200 g/mol. The van der Waals surface area contributed by atoms with Gasteiger partial charge in [0.05, 0.1) is 0 Å². The van der Waals surface area contributed by atoms with Gasteiger partial charge in [0.15, 0.2) is 0 Å². The minimum Gasteiger partial charge on any atom is -0.385 e. The molecule has 1 atom stereocenters. The second-order valence-corrected chi connectivity index (χ2v) is 5.22. The number of nitrogens with one attached hydrogen (secondary N) is 1. The van der Waals surface area contributed by atoms with Crippen LogP contribution >= 0.6 is 0 Å². The number of methoxy groups -OCH3 is 1. The smallest absolute Gasteiger partial charge is 0.0462 e. The van der Waals surface area contributed by atoms with Crippen LogP contribution in [0.4, 0.5) is 0 Å². The lowest BCUT2D eigenvalue weighted by atomic mass is 10.2. The fraction of sp³-hybridized carbons (Fsp3) is 1.00. The van der Waals surface area contributed by atoms with E-state index in [1.54, 1.807) is 7.11 Å². The number of rotatable bonds is 8. The highest BCUT2D eigenvalue weighted by Gasteiger charge is 2.30. The molecule has 0 radical (unpaired) electrons. The first-order valence-corrected chi connectivity index (χ1v) is 6.86. The molecule has 1 unspecified atom stereocenters. The Morgan fingerprint density at radius 2 is 2.12 bits per heavy atom. The van der Waals surface area contributed by atoms with Gasteiger partial charge in [0.2, 0.25) is 0 Å². The number of unbranched alkanes of at least 4 members (excludes halogenated alkanes) is 1. The monoisotopic (exact) mass is 226 g/mol. The molecule has 2 rings (SSSR count). The number of hydrogen-bond acceptors (Lipinski definition) is 3. The fourth-order valence-corrected chi connectivity index (χ4v) is 2.62. The van der Waals surface area contributed by atoms with E-state index in [9.17, 15) is 0 Å². The van der Waals surface area contributed by atoms with E-state index in [-0.39, 0.29) is 0 Å². The molecule has 16 heavy (non-hydrogen) atoms. The van der Waals surface area contributed by atoms with Crippen LogP contribution in [0, 0.1) is 0 Å². The van der Waals surface area contributed by atoms with Crippen LogP contribution in [0.1, 0.15) is 38.5 Å². The lowest BCUT2D eigenvalue weighted by molar-refractivity contribution is 0.179. The first-order chi connectivity index (χ1) is 7.90. The maximum Gasteiger partial charge on any atom is 0.0462 e. The molecule has 1 aliphatic heterocycles. The molecule has 1 aliphatic carbocycles. The van der Waals surface area contributed by atoms with Gasteiger partial charge in [-0.05, 0) is 51.6 Å². The molecule has 0 bridgehead atoms. The van der Waals surface area contributed by atoms with E-state index in [2.05, 4.69) is 10.2 Å². The zero-order valence-electron chi connectivity index (χ0n) is 10.6. The van der Waals surface area contributed by atoms with E-state index in [4.69, 9.17) is 4.74 Å². The summed E-state index contributed by atoms with van der Waals surface area (Å²) in [6.45, 7) is 4.69. The molecule has 1 heterocycles. The van der Waals surface area contributed by atoms with Crippen LogP contribution in [0.3, 0.4) is 0 Å². The third kappa shape index (κ3) is 4.04. The standard InChI is InChI=1S/C13H26N2O/c1-16-10-3-2-9-15(13-6-7-13)11-12-5-4-8-14-12/h12-14H,2-11H2,1H3. The van der Waals surface area contributed by atoms with Crippen LogP contribution in [-0.2, 0) is 4.74 Å². The Morgan fingerprint density at radius 1 is 1.25 bits per heavy atom. The van der Waals surface area contributed by atoms with Crippen LogP contribution in [0.5, 0.6) is 0 Å². The van der Waals surface area contributed by atoms with E-state index >= 15 is 0 Å². The van der Waals surface area contributed by atoms with Crippen molar-refractivity contribution in [1.82, 2.24) is 10.2 Å². The normalized spacial score (nSPS) is 25.5. The molecular formula is C13H26N2O. The second kappa shape index (κ2) is 6.58. The van der Waals surface area contributed by atoms with E-state index in [0.29, 0.717) is 0 Å². The minimum absolute atomic E-state index is 0.767. The largest absolute Gasteiger partial charge is 0.385 e. The van der Waals surface area contributed by atoms with Crippen molar-refractivity contribution in [2.45, 2.75) is 50.6 Å². The van der Waals surface area contributed by atoms with Gasteiger partial charge < -0.3 is 10.1 Å². The summed E-state index contributed by atoms with van der Waals surface area (Å²) < 4.78 is 5.10. The first-order valence-electron chi connectivity index (χ1n) is 6.86. The Morgan fingerprint density at radius 3 is 2.75 bits per heavy atom. The van der Waals surface area contributed by atoms with Crippen molar-refractivity contribution in [3.63, 3.8) is 0 Å². The molecule has 3 heteroatoms. The molecule has 1 saturated carbocycles. The maximum absolute atomic E-state index is 5.10. The Hall–Kier alpha value is -0.120. The predicted octanol–water partition coefficient (Wildman–Crippen LogP) is 1.63. The van der Waals surface area contributed by atoms with Gasteiger partial charge in [0.25, 0.3) is 0 Å². The van der Waals surface area contributed by atoms with Crippen molar-refractivity contribution in [3.05, 3.63) is 0 Å². The molecule has 94 valence electrons. The van der Waals surface area contributed by atoms with E-state index in [1.807, 2.05) is 0 Å². The summed E-state index contributed by atoms with van der Waals surface area (Å²) in [7, 11) is 1.79. The third-order valence-corrected chi connectivity index (χ3v) is 3.72. The molecule has 2 fully saturated rings. The van der Waals surface area contributed by atoms with Crippen LogP contribution in [-0.4, -0.2) is 50.3 Å². The topological polar surface area (TPSA) is 24.5 Å². The summed E-state index contributed by atoms with van der Waals surface area (Å²) in [6, 6.07) is 1.67. The van der Waals surface area contributed by atoms with Gasteiger partial charge in [-0.1, -0.05) is 0 Å². The minimum atomic E-state index is 0.767. The second-order valence-electron chi connectivity index (χ2n) is 5.22. The van der Waals surface area contributed by atoms with Crippen molar-refractivity contribution < 1.29 is 4.74 Å². The summed E-state index contributed by atoms with van der Waals surface area (Å²) in [5, 5.41) is 3.60. The number of ether oxygens (including phenoxy) is 1. The van der Waals surface area contributed by atoms with E-state index < -0.39 is 0 Å². The van der Waals surface area contributed by atoms with Gasteiger partial charge in [-0.25, -0.2) is 0 Å². The lowest BCUT2D eigenvalue weighted by Gasteiger charge is -2.25. The Kier molecular flexibility index (Phi) is 5.07. The highest BCUT2D eigenvalue weighted by Crippen LogP contribution is 2.27. The molecule has 1 saturated heterocycles. The quantitative estimate of drug-likeness (QED) is 0.637. The van der Waals surface area contributed by atoms with Crippen LogP contribution in [0.15, 0.2) is 0 Å². The van der Waals surface area contributed by atoms with Crippen molar-refractivity contribution >= 4 is 0 Å². The Bertz CT molecular complexity index is 188. The van der Waals surface area contributed by atoms with Gasteiger partial charge >= 0.3 is 0 Å². The van der Waals surface area contributed by atoms with Gasteiger partial charge in [0, 0.05) is 32.3 Å². The van der Waals surface area contributed by atoms with E-state index in [1.165, 1.54) is 58.2 Å². The zero-order chi connectivity index (χ0) is 11.2. The van der Waals surface area contributed by atoms with Gasteiger partial charge in [0.1, 0.15) is 0 Å². The highest BCUT2D eigenvalue weighted by molar-refractivity contribution is 4.88.